The van der Waals surface area contributed by atoms with Gasteiger partial charge in [-0.25, -0.2) is 8.78 Å². The summed E-state index contributed by atoms with van der Waals surface area (Å²) in [7, 11) is 0. The van der Waals surface area contributed by atoms with Gasteiger partial charge in [0.15, 0.2) is 0 Å². The predicted molar refractivity (Wildman–Crippen MR) is 45.4 cm³/mol. The SMILES string of the molecule is CC(F)(F)CCN1CCC(C#N)C1. The molecule has 0 aromatic carbocycles. The van der Waals surface area contributed by atoms with Crippen LogP contribution in [0.5, 0.6) is 0 Å². The lowest BCUT2D eigenvalue weighted by Gasteiger charge is -2.17. The van der Waals surface area contributed by atoms with Gasteiger partial charge in [-0.15, -0.1) is 0 Å². The molecule has 1 aliphatic heterocycles. The molecule has 0 aromatic heterocycles. The van der Waals surface area contributed by atoms with E-state index in [1.54, 1.807) is 0 Å². The topological polar surface area (TPSA) is 27.0 Å². The molecule has 1 aliphatic rings. The quantitative estimate of drug-likeness (QED) is 0.676. The molecule has 0 saturated carbocycles. The summed E-state index contributed by atoms with van der Waals surface area (Å²) in [6, 6.07) is 2.16. The van der Waals surface area contributed by atoms with Crippen molar-refractivity contribution >= 4 is 0 Å². The number of hydrogen-bond donors (Lipinski definition) is 0. The molecule has 1 unspecified atom stereocenters. The van der Waals surface area contributed by atoms with Crippen LogP contribution in [-0.2, 0) is 0 Å². The number of halogens is 2. The van der Waals surface area contributed by atoms with Gasteiger partial charge in [0.05, 0.1) is 12.0 Å². The fraction of sp³-hybridized carbons (Fsp3) is 0.889. The molecule has 1 rings (SSSR count). The van der Waals surface area contributed by atoms with E-state index < -0.39 is 5.92 Å². The third kappa shape index (κ3) is 3.69. The highest BCUT2D eigenvalue weighted by atomic mass is 19.3. The van der Waals surface area contributed by atoms with Crippen molar-refractivity contribution < 1.29 is 8.78 Å². The Balaban J connectivity index is 2.22. The summed E-state index contributed by atoms with van der Waals surface area (Å²) >= 11 is 0. The van der Waals surface area contributed by atoms with Crippen LogP contribution in [0.25, 0.3) is 0 Å². The Morgan fingerprint density at radius 1 is 1.62 bits per heavy atom. The first-order valence-corrected chi connectivity index (χ1v) is 4.51. The minimum Gasteiger partial charge on any atom is -0.302 e. The zero-order valence-electron chi connectivity index (χ0n) is 7.76. The summed E-state index contributed by atoms with van der Waals surface area (Å²) in [5.41, 5.74) is 0. The molecule has 1 heterocycles. The zero-order valence-corrected chi connectivity index (χ0v) is 7.76. The van der Waals surface area contributed by atoms with E-state index in [0.717, 1.165) is 19.9 Å². The van der Waals surface area contributed by atoms with Crippen LogP contribution >= 0.6 is 0 Å². The van der Waals surface area contributed by atoms with Crippen LogP contribution in [0.1, 0.15) is 19.8 Å². The van der Waals surface area contributed by atoms with Crippen LogP contribution in [0.15, 0.2) is 0 Å². The van der Waals surface area contributed by atoms with Crippen molar-refractivity contribution in [2.45, 2.75) is 25.7 Å². The second-order valence-corrected chi connectivity index (χ2v) is 3.74. The van der Waals surface area contributed by atoms with Gasteiger partial charge in [0.25, 0.3) is 0 Å². The molecule has 13 heavy (non-hydrogen) atoms. The molecule has 0 aromatic rings. The number of hydrogen-bond acceptors (Lipinski definition) is 2. The fourth-order valence-electron chi connectivity index (χ4n) is 1.50. The van der Waals surface area contributed by atoms with Crippen LogP contribution < -0.4 is 0 Å². The van der Waals surface area contributed by atoms with Crippen molar-refractivity contribution in [1.82, 2.24) is 4.90 Å². The molecule has 74 valence electrons. The van der Waals surface area contributed by atoms with Crippen molar-refractivity contribution in [3.8, 4) is 6.07 Å². The van der Waals surface area contributed by atoms with Gasteiger partial charge >= 0.3 is 0 Å². The molecule has 0 bridgehead atoms. The molecular weight excluding hydrogens is 174 g/mol. The van der Waals surface area contributed by atoms with E-state index in [2.05, 4.69) is 6.07 Å². The molecule has 0 radical (unpaired) electrons. The Morgan fingerprint density at radius 3 is 2.77 bits per heavy atom. The summed E-state index contributed by atoms with van der Waals surface area (Å²) in [4.78, 5) is 1.94. The minimum absolute atomic E-state index is 0.0467. The highest BCUT2D eigenvalue weighted by Gasteiger charge is 2.26. The average molecular weight is 188 g/mol. The summed E-state index contributed by atoms with van der Waals surface area (Å²) in [6.45, 7) is 2.79. The Labute approximate surface area is 77.1 Å². The maximum absolute atomic E-state index is 12.5. The number of rotatable bonds is 3. The van der Waals surface area contributed by atoms with Gasteiger partial charge in [-0.05, 0) is 19.9 Å². The normalized spacial score (nSPS) is 24.6. The molecule has 0 amide bonds. The van der Waals surface area contributed by atoms with Gasteiger partial charge in [-0.3, -0.25) is 0 Å². The minimum atomic E-state index is -2.58. The predicted octanol–water partition coefficient (Wildman–Crippen LogP) is 1.88. The molecule has 0 spiro atoms. The molecule has 1 fully saturated rings. The maximum atomic E-state index is 12.5. The summed E-state index contributed by atoms with van der Waals surface area (Å²) in [5.74, 6) is -2.53. The number of nitriles is 1. The summed E-state index contributed by atoms with van der Waals surface area (Å²) < 4.78 is 24.9. The van der Waals surface area contributed by atoms with Crippen LogP contribution in [0.3, 0.4) is 0 Å². The van der Waals surface area contributed by atoms with Crippen LogP contribution in [0.2, 0.25) is 0 Å². The van der Waals surface area contributed by atoms with Crippen LogP contribution in [0.4, 0.5) is 8.78 Å². The number of likely N-dealkylation sites (tertiary alicyclic amines) is 1. The van der Waals surface area contributed by atoms with E-state index in [0.29, 0.717) is 13.1 Å². The zero-order chi connectivity index (χ0) is 9.90. The lowest BCUT2D eigenvalue weighted by atomic mass is 10.1. The van der Waals surface area contributed by atoms with Gasteiger partial charge in [-0.1, -0.05) is 0 Å². The van der Waals surface area contributed by atoms with Gasteiger partial charge in [0, 0.05) is 19.5 Å². The van der Waals surface area contributed by atoms with Crippen molar-refractivity contribution in [2.75, 3.05) is 19.6 Å². The first-order chi connectivity index (χ1) is 6.01. The molecule has 0 N–H and O–H groups in total. The Morgan fingerprint density at radius 2 is 2.31 bits per heavy atom. The van der Waals surface area contributed by atoms with Gasteiger partial charge in [0.1, 0.15) is 0 Å². The van der Waals surface area contributed by atoms with Gasteiger partial charge < -0.3 is 4.90 Å². The Hall–Kier alpha value is -0.690. The van der Waals surface area contributed by atoms with Crippen molar-refractivity contribution in [3.05, 3.63) is 0 Å². The lowest BCUT2D eigenvalue weighted by Crippen LogP contribution is -2.26. The molecule has 1 saturated heterocycles. The monoisotopic (exact) mass is 188 g/mol. The first kappa shape index (κ1) is 10.4. The van der Waals surface area contributed by atoms with Gasteiger partial charge in [0.2, 0.25) is 5.92 Å². The van der Waals surface area contributed by atoms with E-state index in [9.17, 15) is 8.78 Å². The van der Waals surface area contributed by atoms with E-state index >= 15 is 0 Å². The highest BCUT2D eigenvalue weighted by molar-refractivity contribution is 4.90. The lowest BCUT2D eigenvalue weighted by molar-refractivity contribution is 0.00494. The largest absolute Gasteiger partial charge is 0.302 e. The fourth-order valence-corrected chi connectivity index (χ4v) is 1.50. The van der Waals surface area contributed by atoms with Gasteiger partial charge in [-0.2, -0.15) is 5.26 Å². The summed E-state index contributed by atoms with van der Waals surface area (Å²) in [5, 5.41) is 8.59. The van der Waals surface area contributed by atoms with E-state index in [-0.39, 0.29) is 12.3 Å². The van der Waals surface area contributed by atoms with Crippen LogP contribution in [0, 0.1) is 17.2 Å². The number of alkyl halides is 2. The molecule has 0 aliphatic carbocycles. The molecule has 4 heteroatoms. The number of nitrogens with zero attached hydrogens (tertiary/aromatic N) is 2. The van der Waals surface area contributed by atoms with E-state index in [1.165, 1.54) is 0 Å². The average Bonchev–Trinajstić information content (AvgIpc) is 2.47. The van der Waals surface area contributed by atoms with Crippen molar-refractivity contribution in [2.24, 2.45) is 5.92 Å². The van der Waals surface area contributed by atoms with Crippen molar-refractivity contribution in [1.29, 1.82) is 5.26 Å². The maximum Gasteiger partial charge on any atom is 0.246 e. The smallest absolute Gasteiger partial charge is 0.246 e. The van der Waals surface area contributed by atoms with E-state index in [1.807, 2.05) is 4.90 Å². The third-order valence-electron chi connectivity index (χ3n) is 2.32. The van der Waals surface area contributed by atoms with Crippen molar-refractivity contribution in [3.63, 3.8) is 0 Å². The molecule has 2 nitrogen and oxygen atoms in total. The molecule has 1 atom stereocenters. The third-order valence-corrected chi connectivity index (χ3v) is 2.32. The Kier molecular flexibility index (Phi) is 3.21. The second kappa shape index (κ2) is 4.01. The highest BCUT2D eigenvalue weighted by Crippen LogP contribution is 2.20. The van der Waals surface area contributed by atoms with E-state index in [4.69, 9.17) is 5.26 Å². The first-order valence-electron chi connectivity index (χ1n) is 4.51. The standard InChI is InChI=1S/C9H14F2N2/c1-9(10,11)3-5-13-4-2-8(6-12)7-13/h8H,2-5,7H2,1H3. The Bertz CT molecular complexity index is 205. The summed E-state index contributed by atoms with van der Waals surface area (Å²) in [6.07, 6.45) is 0.719. The van der Waals surface area contributed by atoms with Crippen LogP contribution in [-0.4, -0.2) is 30.5 Å². The second-order valence-electron chi connectivity index (χ2n) is 3.74. The molecular formula is C9H14F2N2.